The molecule has 1 aliphatic carbocycles. The van der Waals surface area contributed by atoms with E-state index in [0.717, 1.165) is 17.3 Å². The molecule has 3 rings (SSSR count). The van der Waals surface area contributed by atoms with Crippen LogP contribution in [0.15, 0.2) is 11.7 Å². The molecule has 2 aromatic rings. The molecule has 0 aromatic carbocycles. The third-order valence-electron chi connectivity index (χ3n) is 4.25. The molecule has 1 N–H and O–H groups in total. The molecule has 3 nitrogen and oxygen atoms in total. The monoisotopic (exact) mass is 275 g/mol. The molecule has 1 fully saturated rings. The van der Waals surface area contributed by atoms with Crippen molar-refractivity contribution in [2.75, 3.05) is 5.32 Å². The van der Waals surface area contributed by atoms with Crippen molar-refractivity contribution in [3.8, 4) is 0 Å². The van der Waals surface area contributed by atoms with Crippen LogP contribution in [-0.4, -0.2) is 16.0 Å². The first kappa shape index (κ1) is 12.9. The van der Waals surface area contributed by atoms with E-state index in [4.69, 9.17) is 0 Å². The first-order valence-corrected chi connectivity index (χ1v) is 8.09. The molecule has 102 valence electrons. The highest BCUT2D eigenvalue weighted by Gasteiger charge is 2.21. The van der Waals surface area contributed by atoms with Crippen molar-refractivity contribution in [2.45, 2.75) is 52.0 Å². The Hall–Kier alpha value is -1.16. The number of hydrogen-bond donors (Lipinski definition) is 1. The highest BCUT2D eigenvalue weighted by atomic mass is 32.1. The molecular weight excluding hydrogens is 254 g/mol. The highest BCUT2D eigenvalue weighted by molar-refractivity contribution is 7.18. The third-order valence-corrected chi connectivity index (χ3v) is 5.35. The average molecular weight is 275 g/mol. The van der Waals surface area contributed by atoms with Gasteiger partial charge in [0.05, 0.1) is 10.2 Å². The van der Waals surface area contributed by atoms with Crippen LogP contribution in [0.25, 0.3) is 10.2 Å². The Labute approximate surface area is 118 Å². The van der Waals surface area contributed by atoms with Gasteiger partial charge in [0.1, 0.15) is 12.1 Å². The number of nitrogens with one attached hydrogen (secondary N) is 1. The molecule has 1 atom stereocenters. The second kappa shape index (κ2) is 5.45. The van der Waals surface area contributed by atoms with Gasteiger partial charge in [0.2, 0.25) is 0 Å². The zero-order valence-corrected chi connectivity index (χ0v) is 12.5. The Morgan fingerprint density at radius 3 is 2.84 bits per heavy atom. The van der Waals surface area contributed by atoms with Crippen LogP contribution in [0.1, 0.15) is 44.6 Å². The standard InChI is InChI=1S/C15H21N3S/c1-10-8-19-14-13(10)16-9-17-15(14)18-11(2)12-6-4-3-5-7-12/h8-9,11-12H,3-7H2,1-2H3,(H,16,17,18). The number of fused-ring (bicyclic) bond motifs is 1. The molecule has 1 saturated carbocycles. The predicted octanol–water partition coefficient (Wildman–Crippen LogP) is 4.38. The quantitative estimate of drug-likeness (QED) is 0.903. The third kappa shape index (κ3) is 2.59. The topological polar surface area (TPSA) is 37.8 Å². The summed E-state index contributed by atoms with van der Waals surface area (Å²) in [5.41, 5.74) is 2.34. The second-order valence-electron chi connectivity index (χ2n) is 5.65. The highest BCUT2D eigenvalue weighted by Crippen LogP contribution is 2.32. The fourth-order valence-corrected chi connectivity index (χ4v) is 3.99. The van der Waals surface area contributed by atoms with Crippen LogP contribution in [0.5, 0.6) is 0 Å². The van der Waals surface area contributed by atoms with E-state index in [1.807, 2.05) is 0 Å². The minimum absolute atomic E-state index is 0.501. The zero-order chi connectivity index (χ0) is 13.2. The number of rotatable bonds is 3. The summed E-state index contributed by atoms with van der Waals surface area (Å²) in [6.07, 6.45) is 8.56. The molecule has 0 amide bonds. The molecule has 0 bridgehead atoms. The molecule has 1 aliphatic rings. The maximum Gasteiger partial charge on any atom is 0.147 e. The van der Waals surface area contributed by atoms with Gasteiger partial charge < -0.3 is 5.32 Å². The van der Waals surface area contributed by atoms with E-state index in [-0.39, 0.29) is 0 Å². The van der Waals surface area contributed by atoms with E-state index in [0.29, 0.717) is 6.04 Å². The molecule has 4 heteroatoms. The van der Waals surface area contributed by atoms with Crippen molar-refractivity contribution >= 4 is 27.4 Å². The molecule has 0 aliphatic heterocycles. The van der Waals surface area contributed by atoms with E-state index in [1.54, 1.807) is 17.7 Å². The SMILES string of the molecule is Cc1csc2c(NC(C)C3CCCCC3)ncnc12. The Bertz CT molecular complexity index is 558. The lowest BCUT2D eigenvalue weighted by Crippen LogP contribution is -2.28. The van der Waals surface area contributed by atoms with Crippen molar-refractivity contribution in [3.05, 3.63) is 17.3 Å². The first-order chi connectivity index (χ1) is 9.25. The second-order valence-corrected chi connectivity index (χ2v) is 6.53. The van der Waals surface area contributed by atoms with E-state index in [9.17, 15) is 0 Å². The summed E-state index contributed by atoms with van der Waals surface area (Å²) < 4.78 is 1.20. The lowest BCUT2D eigenvalue weighted by molar-refractivity contribution is 0.328. The van der Waals surface area contributed by atoms with Gasteiger partial charge in [0, 0.05) is 6.04 Å². The van der Waals surface area contributed by atoms with Gasteiger partial charge in [-0.2, -0.15) is 0 Å². The largest absolute Gasteiger partial charge is 0.366 e. The average Bonchev–Trinajstić information content (AvgIpc) is 2.83. The van der Waals surface area contributed by atoms with Crippen molar-refractivity contribution in [2.24, 2.45) is 5.92 Å². The van der Waals surface area contributed by atoms with Gasteiger partial charge in [-0.25, -0.2) is 9.97 Å². The van der Waals surface area contributed by atoms with Gasteiger partial charge in [-0.1, -0.05) is 19.3 Å². The van der Waals surface area contributed by atoms with Crippen molar-refractivity contribution in [1.82, 2.24) is 9.97 Å². The minimum Gasteiger partial charge on any atom is -0.366 e. The van der Waals surface area contributed by atoms with Crippen LogP contribution in [0.3, 0.4) is 0 Å². The van der Waals surface area contributed by atoms with Gasteiger partial charge >= 0.3 is 0 Å². The number of thiophene rings is 1. The molecule has 1 unspecified atom stereocenters. The van der Waals surface area contributed by atoms with Gasteiger partial charge in [-0.05, 0) is 43.6 Å². The van der Waals surface area contributed by atoms with Crippen molar-refractivity contribution in [1.29, 1.82) is 0 Å². The first-order valence-electron chi connectivity index (χ1n) is 7.21. The summed E-state index contributed by atoms with van der Waals surface area (Å²) >= 11 is 1.74. The predicted molar refractivity (Wildman–Crippen MR) is 81.8 cm³/mol. The number of aryl methyl sites for hydroxylation is 1. The van der Waals surface area contributed by atoms with Gasteiger partial charge in [0.15, 0.2) is 0 Å². The molecule has 2 heterocycles. The van der Waals surface area contributed by atoms with Crippen LogP contribution in [0.2, 0.25) is 0 Å². The van der Waals surface area contributed by atoms with Gasteiger partial charge in [0.25, 0.3) is 0 Å². The van der Waals surface area contributed by atoms with Crippen molar-refractivity contribution < 1.29 is 0 Å². The Morgan fingerprint density at radius 1 is 1.26 bits per heavy atom. The van der Waals surface area contributed by atoms with Gasteiger partial charge in [-0.3, -0.25) is 0 Å². The van der Waals surface area contributed by atoms with Crippen LogP contribution in [0, 0.1) is 12.8 Å². The fourth-order valence-electron chi connectivity index (χ4n) is 3.04. The summed E-state index contributed by atoms with van der Waals surface area (Å²) in [7, 11) is 0. The van der Waals surface area contributed by atoms with Crippen molar-refractivity contribution in [3.63, 3.8) is 0 Å². The smallest absolute Gasteiger partial charge is 0.147 e. The summed E-state index contributed by atoms with van der Waals surface area (Å²) in [6.45, 7) is 4.41. The lowest BCUT2D eigenvalue weighted by atomic mass is 9.84. The Morgan fingerprint density at radius 2 is 2.05 bits per heavy atom. The van der Waals surface area contributed by atoms with E-state index in [2.05, 4.69) is 34.5 Å². The lowest BCUT2D eigenvalue weighted by Gasteiger charge is -2.28. The summed E-state index contributed by atoms with van der Waals surface area (Å²) in [5.74, 6) is 1.81. The van der Waals surface area contributed by atoms with Crippen LogP contribution in [-0.2, 0) is 0 Å². The number of hydrogen-bond acceptors (Lipinski definition) is 4. The van der Waals surface area contributed by atoms with E-state index < -0.39 is 0 Å². The number of nitrogens with zero attached hydrogens (tertiary/aromatic N) is 2. The minimum atomic E-state index is 0.501. The van der Waals surface area contributed by atoms with Crippen LogP contribution >= 0.6 is 11.3 Å². The Kier molecular flexibility index (Phi) is 3.69. The van der Waals surface area contributed by atoms with E-state index in [1.165, 1.54) is 42.4 Å². The molecule has 0 spiro atoms. The maximum atomic E-state index is 4.44. The number of aromatic nitrogens is 2. The maximum absolute atomic E-state index is 4.44. The molecule has 0 saturated heterocycles. The summed E-state index contributed by atoms with van der Waals surface area (Å²) in [6, 6.07) is 0.501. The number of anilines is 1. The van der Waals surface area contributed by atoms with Crippen LogP contribution < -0.4 is 5.32 Å². The fraction of sp³-hybridized carbons (Fsp3) is 0.600. The zero-order valence-electron chi connectivity index (χ0n) is 11.6. The molecule has 0 radical (unpaired) electrons. The van der Waals surface area contributed by atoms with Crippen LogP contribution in [0.4, 0.5) is 5.82 Å². The summed E-state index contributed by atoms with van der Waals surface area (Å²) in [4.78, 5) is 8.82. The Balaban J connectivity index is 1.80. The van der Waals surface area contributed by atoms with Gasteiger partial charge in [-0.15, -0.1) is 11.3 Å². The van der Waals surface area contributed by atoms with E-state index >= 15 is 0 Å². The molecule has 2 aromatic heterocycles. The molecular formula is C15H21N3S. The summed E-state index contributed by atoms with van der Waals surface area (Å²) in [5, 5.41) is 5.79. The molecule has 19 heavy (non-hydrogen) atoms. The normalized spacial score (nSPS) is 18.6.